The Morgan fingerprint density at radius 2 is 2.38 bits per heavy atom. The van der Waals surface area contributed by atoms with Gasteiger partial charge >= 0.3 is 0 Å². The van der Waals surface area contributed by atoms with E-state index in [9.17, 15) is 0 Å². The SMILES string of the molecule is C=C1N=CCS1.CC. The molecular weight excluding hydrogens is 118 g/mol. The summed E-state index contributed by atoms with van der Waals surface area (Å²) in [6, 6.07) is 0. The van der Waals surface area contributed by atoms with Gasteiger partial charge < -0.3 is 0 Å². The van der Waals surface area contributed by atoms with Crippen molar-refractivity contribution in [3.63, 3.8) is 0 Å². The lowest BCUT2D eigenvalue weighted by Gasteiger charge is -1.77. The van der Waals surface area contributed by atoms with Gasteiger partial charge in [-0.1, -0.05) is 20.4 Å². The zero-order valence-electron chi connectivity index (χ0n) is 5.35. The maximum absolute atomic E-state index is 3.88. The second-order valence-corrected chi connectivity index (χ2v) is 2.11. The lowest BCUT2D eigenvalue weighted by atomic mass is 10.9. The molecule has 1 rings (SSSR count). The molecule has 0 saturated carbocycles. The van der Waals surface area contributed by atoms with Crippen LogP contribution in [0, 0.1) is 0 Å². The molecule has 46 valence electrons. The Balaban J connectivity index is 0.000000222. The van der Waals surface area contributed by atoms with Crippen LogP contribution in [0.3, 0.4) is 0 Å². The van der Waals surface area contributed by atoms with Gasteiger partial charge in [0.25, 0.3) is 0 Å². The van der Waals surface area contributed by atoms with Crippen molar-refractivity contribution in [2.45, 2.75) is 13.8 Å². The van der Waals surface area contributed by atoms with Crippen LogP contribution in [0.25, 0.3) is 0 Å². The summed E-state index contributed by atoms with van der Waals surface area (Å²) in [5.74, 6) is 1.01. The molecule has 0 aromatic carbocycles. The van der Waals surface area contributed by atoms with Gasteiger partial charge in [-0.25, -0.2) is 0 Å². The number of nitrogens with zero attached hydrogens (tertiary/aromatic N) is 1. The largest absolute Gasteiger partial charge is 0.254 e. The third-order valence-electron chi connectivity index (χ3n) is 0.560. The molecule has 0 atom stereocenters. The zero-order chi connectivity index (χ0) is 6.41. The lowest BCUT2D eigenvalue weighted by molar-refractivity contribution is 1.50. The van der Waals surface area contributed by atoms with Gasteiger partial charge in [-0.2, -0.15) is 0 Å². The number of hydrogen-bond acceptors (Lipinski definition) is 2. The molecule has 0 saturated heterocycles. The molecule has 1 nitrogen and oxygen atoms in total. The van der Waals surface area contributed by atoms with E-state index in [1.54, 1.807) is 11.8 Å². The van der Waals surface area contributed by atoms with Crippen LogP contribution in [0.4, 0.5) is 0 Å². The Morgan fingerprint density at radius 1 is 1.75 bits per heavy atom. The van der Waals surface area contributed by atoms with E-state index in [0.717, 1.165) is 10.8 Å². The minimum absolute atomic E-state index is 0.940. The number of thioether (sulfide) groups is 1. The van der Waals surface area contributed by atoms with Gasteiger partial charge in [0.1, 0.15) is 0 Å². The second kappa shape index (κ2) is 4.91. The van der Waals surface area contributed by atoms with Gasteiger partial charge in [0, 0.05) is 12.0 Å². The van der Waals surface area contributed by atoms with Gasteiger partial charge in [-0.05, 0) is 0 Å². The normalized spacial score (nSPS) is 15.5. The fourth-order valence-electron chi connectivity index (χ4n) is 0.310. The molecule has 0 aromatic heterocycles. The second-order valence-electron chi connectivity index (χ2n) is 1.02. The van der Waals surface area contributed by atoms with Crippen molar-refractivity contribution in [2.75, 3.05) is 5.75 Å². The number of hydrogen-bond donors (Lipinski definition) is 0. The number of aliphatic imine (C=N–C) groups is 1. The van der Waals surface area contributed by atoms with Crippen LogP contribution < -0.4 is 0 Å². The minimum atomic E-state index is 0.940. The van der Waals surface area contributed by atoms with Crippen LogP contribution in [-0.2, 0) is 0 Å². The van der Waals surface area contributed by atoms with Crippen LogP contribution in [0.2, 0.25) is 0 Å². The molecule has 0 fully saturated rings. The van der Waals surface area contributed by atoms with Crippen molar-refractivity contribution >= 4 is 18.0 Å². The van der Waals surface area contributed by atoms with Gasteiger partial charge in [-0.15, -0.1) is 11.8 Å². The zero-order valence-corrected chi connectivity index (χ0v) is 6.16. The molecule has 1 aliphatic rings. The minimum Gasteiger partial charge on any atom is -0.254 e. The Labute approximate surface area is 54.9 Å². The van der Waals surface area contributed by atoms with Gasteiger partial charge in [0.2, 0.25) is 0 Å². The highest BCUT2D eigenvalue weighted by Crippen LogP contribution is 2.17. The molecule has 0 N–H and O–H groups in total. The molecule has 0 aliphatic carbocycles. The van der Waals surface area contributed by atoms with E-state index in [4.69, 9.17) is 0 Å². The fraction of sp³-hybridized carbons (Fsp3) is 0.500. The summed E-state index contributed by atoms with van der Waals surface area (Å²) >= 11 is 1.68. The van der Waals surface area contributed by atoms with Crippen LogP contribution in [0.15, 0.2) is 16.6 Å². The Kier molecular flexibility index (Phi) is 4.76. The average molecular weight is 129 g/mol. The molecule has 0 spiro atoms. The molecule has 8 heavy (non-hydrogen) atoms. The third-order valence-corrected chi connectivity index (χ3v) is 1.31. The van der Waals surface area contributed by atoms with Crippen molar-refractivity contribution in [1.29, 1.82) is 0 Å². The van der Waals surface area contributed by atoms with E-state index in [1.165, 1.54) is 0 Å². The van der Waals surface area contributed by atoms with Crippen LogP contribution in [0.5, 0.6) is 0 Å². The van der Waals surface area contributed by atoms with Crippen LogP contribution in [0.1, 0.15) is 13.8 Å². The maximum atomic E-state index is 3.88. The predicted octanol–water partition coefficient (Wildman–Crippen LogP) is 2.30. The quantitative estimate of drug-likeness (QED) is 0.489. The molecule has 1 aliphatic heterocycles. The first-order valence-electron chi connectivity index (χ1n) is 2.74. The van der Waals surface area contributed by atoms with Gasteiger partial charge in [0.15, 0.2) is 0 Å². The van der Waals surface area contributed by atoms with Crippen LogP contribution >= 0.6 is 11.8 Å². The summed E-state index contributed by atoms with van der Waals surface area (Å²) in [5, 5.41) is 0.940. The van der Waals surface area contributed by atoms with E-state index in [-0.39, 0.29) is 0 Å². The van der Waals surface area contributed by atoms with Gasteiger partial charge in [0.05, 0.1) is 5.03 Å². The molecule has 0 unspecified atom stereocenters. The van der Waals surface area contributed by atoms with E-state index in [1.807, 2.05) is 20.1 Å². The molecule has 0 amide bonds. The van der Waals surface area contributed by atoms with E-state index in [0.29, 0.717) is 0 Å². The highest BCUT2D eigenvalue weighted by molar-refractivity contribution is 8.03. The Hall–Kier alpha value is -0.240. The van der Waals surface area contributed by atoms with Crippen LogP contribution in [-0.4, -0.2) is 12.0 Å². The summed E-state index contributed by atoms with van der Waals surface area (Å²) < 4.78 is 0. The van der Waals surface area contributed by atoms with Crippen molar-refractivity contribution in [3.05, 3.63) is 11.6 Å². The molecule has 0 bridgehead atoms. The van der Waals surface area contributed by atoms with Crippen molar-refractivity contribution in [1.82, 2.24) is 0 Å². The van der Waals surface area contributed by atoms with E-state index in [2.05, 4.69) is 11.6 Å². The highest BCUT2D eigenvalue weighted by Gasteiger charge is 1.93. The Morgan fingerprint density at radius 3 is 2.50 bits per heavy atom. The summed E-state index contributed by atoms with van der Waals surface area (Å²) in [7, 11) is 0. The fourth-order valence-corrected chi connectivity index (χ4v) is 0.800. The molecular formula is C6H11NS. The first-order valence-corrected chi connectivity index (χ1v) is 3.72. The lowest BCUT2D eigenvalue weighted by Crippen LogP contribution is -1.61. The Bertz CT molecular complexity index is 96.7. The van der Waals surface area contributed by atoms with Crippen molar-refractivity contribution in [2.24, 2.45) is 4.99 Å². The summed E-state index contributed by atoms with van der Waals surface area (Å²) in [6.45, 7) is 7.62. The standard InChI is InChI=1S/C4H5NS.C2H6/c1-4-5-2-3-6-4;1-2/h2H,1,3H2;1-2H3. The summed E-state index contributed by atoms with van der Waals surface area (Å²) in [6.07, 6.45) is 1.87. The maximum Gasteiger partial charge on any atom is 0.0887 e. The molecule has 1 heterocycles. The third kappa shape index (κ3) is 2.86. The predicted molar refractivity (Wildman–Crippen MR) is 41.4 cm³/mol. The summed E-state index contributed by atoms with van der Waals surface area (Å²) in [4.78, 5) is 3.88. The molecule has 2 heteroatoms. The van der Waals surface area contributed by atoms with E-state index < -0.39 is 0 Å². The number of rotatable bonds is 0. The van der Waals surface area contributed by atoms with Crippen molar-refractivity contribution < 1.29 is 0 Å². The highest BCUT2D eigenvalue weighted by atomic mass is 32.2. The van der Waals surface area contributed by atoms with Crippen molar-refractivity contribution in [3.8, 4) is 0 Å². The molecule has 0 aromatic rings. The van der Waals surface area contributed by atoms with E-state index >= 15 is 0 Å². The molecule has 0 radical (unpaired) electrons. The monoisotopic (exact) mass is 129 g/mol. The van der Waals surface area contributed by atoms with Gasteiger partial charge in [-0.3, -0.25) is 4.99 Å². The smallest absolute Gasteiger partial charge is 0.0887 e. The topological polar surface area (TPSA) is 12.4 Å². The average Bonchev–Trinajstić information content (AvgIpc) is 2.24. The first-order chi connectivity index (χ1) is 3.89. The summed E-state index contributed by atoms with van der Waals surface area (Å²) in [5.41, 5.74) is 0. The first kappa shape index (κ1) is 7.76.